The first-order chi connectivity index (χ1) is 12.5. The van der Waals surface area contributed by atoms with Crippen LogP contribution in [0, 0.1) is 10.1 Å². The van der Waals surface area contributed by atoms with Gasteiger partial charge in [0.1, 0.15) is 0 Å². The number of hydrogen-bond donors (Lipinski definition) is 2. The van der Waals surface area contributed by atoms with Gasteiger partial charge in [0.25, 0.3) is 5.69 Å². The number of carboxylic acid groups (broad SMARTS) is 1. The molecule has 1 aliphatic heterocycles. The maximum absolute atomic E-state index is 11.8. The van der Waals surface area contributed by atoms with Crippen molar-refractivity contribution in [2.45, 2.75) is 37.5 Å². The third kappa shape index (κ3) is 3.67. The first-order valence-corrected chi connectivity index (χ1v) is 8.45. The molecule has 1 saturated heterocycles. The Morgan fingerprint density at radius 2 is 1.81 bits per heavy atom. The lowest BCUT2D eigenvalue weighted by Gasteiger charge is -2.31. The number of hydrogen-bond acceptors (Lipinski definition) is 4. The molecule has 2 N–H and O–H groups in total. The third-order valence-electron chi connectivity index (χ3n) is 4.89. The highest BCUT2D eigenvalue weighted by atomic mass is 16.6. The summed E-state index contributed by atoms with van der Waals surface area (Å²) < 4.78 is 0. The molecule has 0 aliphatic carbocycles. The van der Waals surface area contributed by atoms with Crippen LogP contribution in [-0.4, -0.2) is 38.2 Å². The monoisotopic (exact) mass is 356 g/mol. The molecule has 0 spiro atoms. The Balaban J connectivity index is 1.76. The molecular weight excluding hydrogens is 336 g/mol. The highest BCUT2D eigenvalue weighted by Gasteiger charge is 2.41. The van der Waals surface area contributed by atoms with Crippen LogP contribution in [0.25, 0.3) is 0 Å². The molecule has 0 aromatic heterocycles. The largest absolute Gasteiger partial charge is 0.465 e. The zero-order chi connectivity index (χ0) is 18.7. The lowest BCUT2D eigenvalue weighted by molar-refractivity contribution is -0.384. The standard InChI is InChI=1S/C19H20N2O5/c22-18(14-4-2-1-3-5-14)17-11-10-16(20(17)19(23)24)12-13-6-8-15(9-7-13)21(25)26/h1-9,16-18,22H,10-12H2,(H,23,24)/t16?,17?,18-/m1/s1. The molecule has 1 aliphatic rings. The number of non-ortho nitro benzene ring substituents is 1. The summed E-state index contributed by atoms with van der Waals surface area (Å²) in [6.07, 6.45) is -0.274. The number of nitrogens with zero attached hydrogens (tertiary/aromatic N) is 2. The number of likely N-dealkylation sites (tertiary alicyclic amines) is 1. The van der Waals surface area contributed by atoms with E-state index in [1.807, 2.05) is 18.2 Å². The summed E-state index contributed by atoms with van der Waals surface area (Å²) in [5.41, 5.74) is 1.54. The second kappa shape index (κ2) is 7.53. The molecule has 26 heavy (non-hydrogen) atoms. The highest BCUT2D eigenvalue weighted by Crippen LogP contribution is 2.34. The predicted molar refractivity (Wildman–Crippen MR) is 94.9 cm³/mol. The van der Waals surface area contributed by atoms with Crippen molar-refractivity contribution in [3.63, 3.8) is 0 Å². The van der Waals surface area contributed by atoms with Gasteiger partial charge in [-0.3, -0.25) is 15.0 Å². The van der Waals surface area contributed by atoms with Crippen molar-refractivity contribution < 1.29 is 19.9 Å². The van der Waals surface area contributed by atoms with Crippen LogP contribution in [0.4, 0.5) is 10.5 Å². The Hall–Kier alpha value is -2.93. The normalized spacial score (nSPS) is 20.7. The van der Waals surface area contributed by atoms with Crippen molar-refractivity contribution >= 4 is 11.8 Å². The van der Waals surface area contributed by atoms with Crippen LogP contribution >= 0.6 is 0 Å². The van der Waals surface area contributed by atoms with Gasteiger partial charge in [0.15, 0.2) is 0 Å². The van der Waals surface area contributed by atoms with Gasteiger partial charge in [-0.25, -0.2) is 4.79 Å². The van der Waals surface area contributed by atoms with Crippen LogP contribution in [0.3, 0.4) is 0 Å². The fourth-order valence-electron chi connectivity index (χ4n) is 3.62. The number of nitro groups is 1. The van der Waals surface area contributed by atoms with Crippen molar-refractivity contribution in [2.75, 3.05) is 0 Å². The molecule has 0 bridgehead atoms. The number of carbonyl (C=O) groups is 1. The molecular formula is C19H20N2O5. The average molecular weight is 356 g/mol. The summed E-state index contributed by atoms with van der Waals surface area (Å²) in [6, 6.07) is 14.4. The Labute approximate surface area is 150 Å². The first kappa shape index (κ1) is 17.9. The van der Waals surface area contributed by atoms with Gasteiger partial charge >= 0.3 is 6.09 Å². The van der Waals surface area contributed by atoms with E-state index < -0.39 is 23.2 Å². The summed E-state index contributed by atoms with van der Waals surface area (Å²) in [5, 5.41) is 31.1. The Kier molecular flexibility index (Phi) is 5.18. The number of aliphatic hydroxyl groups is 1. The summed E-state index contributed by atoms with van der Waals surface area (Å²) >= 11 is 0. The van der Waals surface area contributed by atoms with E-state index in [-0.39, 0.29) is 11.7 Å². The number of amides is 1. The zero-order valence-electron chi connectivity index (χ0n) is 14.1. The summed E-state index contributed by atoms with van der Waals surface area (Å²) in [5.74, 6) is 0. The molecule has 2 aromatic rings. The molecule has 0 saturated carbocycles. The topological polar surface area (TPSA) is 104 Å². The average Bonchev–Trinajstić information content (AvgIpc) is 3.06. The van der Waals surface area contributed by atoms with E-state index in [0.29, 0.717) is 24.8 Å². The van der Waals surface area contributed by atoms with Gasteiger partial charge in [-0.15, -0.1) is 0 Å². The van der Waals surface area contributed by atoms with Crippen molar-refractivity contribution in [2.24, 2.45) is 0 Å². The van der Waals surface area contributed by atoms with Crippen LogP contribution in [0.2, 0.25) is 0 Å². The van der Waals surface area contributed by atoms with E-state index in [4.69, 9.17) is 0 Å². The lowest BCUT2D eigenvalue weighted by Crippen LogP contribution is -2.44. The maximum atomic E-state index is 11.8. The van der Waals surface area contributed by atoms with Gasteiger partial charge in [-0.05, 0) is 30.4 Å². The molecule has 3 atom stereocenters. The molecule has 7 heteroatoms. The molecule has 2 unspecified atom stereocenters. The van der Waals surface area contributed by atoms with Crippen molar-refractivity contribution in [3.8, 4) is 0 Å². The molecule has 7 nitrogen and oxygen atoms in total. The van der Waals surface area contributed by atoms with Gasteiger partial charge < -0.3 is 10.2 Å². The van der Waals surface area contributed by atoms with E-state index >= 15 is 0 Å². The molecule has 1 fully saturated rings. The van der Waals surface area contributed by atoms with Gasteiger partial charge in [0.05, 0.1) is 17.1 Å². The Bertz CT molecular complexity index is 778. The zero-order valence-corrected chi connectivity index (χ0v) is 14.1. The number of nitro benzene ring substituents is 1. The van der Waals surface area contributed by atoms with Gasteiger partial charge in [0, 0.05) is 18.2 Å². The molecule has 3 rings (SSSR count). The van der Waals surface area contributed by atoms with Crippen molar-refractivity contribution in [1.82, 2.24) is 4.90 Å². The molecule has 0 radical (unpaired) electrons. The van der Waals surface area contributed by atoms with Crippen LogP contribution in [-0.2, 0) is 6.42 Å². The fourth-order valence-corrected chi connectivity index (χ4v) is 3.62. The second-order valence-corrected chi connectivity index (χ2v) is 6.47. The second-order valence-electron chi connectivity index (χ2n) is 6.47. The smallest absolute Gasteiger partial charge is 0.407 e. The highest BCUT2D eigenvalue weighted by molar-refractivity contribution is 5.66. The maximum Gasteiger partial charge on any atom is 0.407 e. The van der Waals surface area contributed by atoms with E-state index in [1.165, 1.54) is 17.0 Å². The Morgan fingerprint density at radius 3 is 2.38 bits per heavy atom. The van der Waals surface area contributed by atoms with Gasteiger partial charge in [-0.1, -0.05) is 42.5 Å². The summed E-state index contributed by atoms with van der Waals surface area (Å²) in [7, 11) is 0. The SMILES string of the molecule is O=C(O)N1C(Cc2ccc([N+](=O)[O-])cc2)CCC1[C@H](O)c1ccccc1. The minimum atomic E-state index is -1.06. The molecule has 2 aromatic carbocycles. The van der Waals surface area contributed by atoms with Crippen molar-refractivity contribution in [3.05, 3.63) is 75.8 Å². The quantitative estimate of drug-likeness (QED) is 0.631. The first-order valence-electron chi connectivity index (χ1n) is 8.45. The lowest BCUT2D eigenvalue weighted by atomic mass is 10.0. The van der Waals surface area contributed by atoms with Gasteiger partial charge in [-0.2, -0.15) is 0 Å². The van der Waals surface area contributed by atoms with E-state index in [9.17, 15) is 25.1 Å². The number of benzene rings is 2. The number of rotatable bonds is 5. The Morgan fingerprint density at radius 1 is 1.15 bits per heavy atom. The van der Waals surface area contributed by atoms with E-state index in [0.717, 1.165) is 5.56 Å². The van der Waals surface area contributed by atoms with Gasteiger partial charge in [0.2, 0.25) is 0 Å². The van der Waals surface area contributed by atoms with Crippen LogP contribution in [0.5, 0.6) is 0 Å². The third-order valence-corrected chi connectivity index (χ3v) is 4.89. The summed E-state index contributed by atoms with van der Waals surface area (Å²) in [6.45, 7) is 0. The minimum Gasteiger partial charge on any atom is -0.465 e. The predicted octanol–water partition coefficient (Wildman–Crippen LogP) is 3.38. The molecule has 1 heterocycles. The van der Waals surface area contributed by atoms with Crippen molar-refractivity contribution in [1.29, 1.82) is 0 Å². The van der Waals surface area contributed by atoms with Crippen LogP contribution < -0.4 is 0 Å². The van der Waals surface area contributed by atoms with Crippen LogP contribution in [0.1, 0.15) is 30.1 Å². The van der Waals surface area contributed by atoms with E-state index in [2.05, 4.69) is 0 Å². The van der Waals surface area contributed by atoms with Crippen LogP contribution in [0.15, 0.2) is 54.6 Å². The molecule has 136 valence electrons. The molecule has 1 amide bonds. The number of aliphatic hydroxyl groups excluding tert-OH is 1. The van der Waals surface area contributed by atoms with E-state index in [1.54, 1.807) is 24.3 Å². The fraction of sp³-hybridized carbons (Fsp3) is 0.316. The minimum absolute atomic E-state index is 0.00707. The summed E-state index contributed by atoms with van der Waals surface area (Å²) in [4.78, 5) is 23.4.